The van der Waals surface area contributed by atoms with Crippen molar-refractivity contribution in [2.45, 2.75) is 12.5 Å². The monoisotopic (exact) mass is 260 g/mol. The van der Waals surface area contributed by atoms with Crippen LogP contribution in [0, 0.1) is 11.8 Å². The number of hydrogen-bond donors (Lipinski definition) is 3. The summed E-state index contributed by atoms with van der Waals surface area (Å²) in [7, 11) is 0. The number of carboxylic acid groups (broad SMARTS) is 1. The van der Waals surface area contributed by atoms with E-state index in [2.05, 4.69) is 4.98 Å². The molecule has 0 saturated carbocycles. The molecule has 0 aromatic carbocycles. The highest BCUT2D eigenvalue weighted by Gasteiger charge is 2.23. The molecule has 8 heteroatoms. The molecule has 0 fully saturated rings. The van der Waals surface area contributed by atoms with Crippen molar-refractivity contribution in [3.63, 3.8) is 0 Å². The highest BCUT2D eigenvalue weighted by Crippen LogP contribution is 2.09. The average molecular weight is 260 g/mol. The van der Waals surface area contributed by atoms with Crippen molar-refractivity contribution in [3.05, 3.63) is 29.6 Å². The zero-order valence-corrected chi connectivity index (χ0v) is 9.06. The summed E-state index contributed by atoms with van der Waals surface area (Å²) < 4.78 is 26.0. The number of amides is 1. The van der Waals surface area contributed by atoms with Crippen molar-refractivity contribution in [1.29, 1.82) is 0 Å². The van der Waals surface area contributed by atoms with E-state index in [4.69, 9.17) is 10.2 Å². The second-order valence-electron chi connectivity index (χ2n) is 3.34. The second kappa shape index (κ2) is 6.01. The number of aliphatic hydroxyl groups excluding tert-OH is 1. The van der Waals surface area contributed by atoms with Gasteiger partial charge < -0.3 is 15.5 Å². The van der Waals surface area contributed by atoms with E-state index < -0.39 is 41.9 Å². The van der Waals surface area contributed by atoms with Crippen LogP contribution in [0.25, 0.3) is 0 Å². The smallest absolute Gasteiger partial charge is 0.326 e. The van der Waals surface area contributed by atoms with Crippen LogP contribution in [0.3, 0.4) is 0 Å². The molecule has 0 aliphatic heterocycles. The van der Waals surface area contributed by atoms with Crippen molar-refractivity contribution in [2.24, 2.45) is 0 Å². The Morgan fingerprint density at radius 2 is 2.11 bits per heavy atom. The third-order valence-electron chi connectivity index (χ3n) is 2.11. The molecule has 1 rings (SSSR count). The topological polar surface area (TPSA) is 99.5 Å². The SMILES string of the molecule is O=C(N[C@H](CCO)C(=O)O)c1ccnc(F)c1F. The third kappa shape index (κ3) is 3.20. The number of nitrogens with one attached hydrogen (secondary N) is 1. The molecule has 0 aliphatic carbocycles. The number of nitrogens with zero attached hydrogens (tertiary/aromatic N) is 1. The molecule has 1 atom stereocenters. The number of halogens is 2. The Morgan fingerprint density at radius 1 is 1.44 bits per heavy atom. The van der Waals surface area contributed by atoms with Crippen LogP contribution < -0.4 is 5.32 Å². The molecular weight excluding hydrogens is 250 g/mol. The fraction of sp³-hybridized carbons (Fsp3) is 0.300. The maximum Gasteiger partial charge on any atom is 0.326 e. The van der Waals surface area contributed by atoms with Gasteiger partial charge in [0.15, 0.2) is 5.82 Å². The maximum atomic E-state index is 13.2. The van der Waals surface area contributed by atoms with E-state index in [1.165, 1.54) is 0 Å². The molecule has 1 aromatic heterocycles. The predicted molar refractivity (Wildman–Crippen MR) is 54.7 cm³/mol. The van der Waals surface area contributed by atoms with Crippen LogP contribution in [0.4, 0.5) is 8.78 Å². The van der Waals surface area contributed by atoms with E-state index in [1.807, 2.05) is 5.32 Å². The first-order valence-electron chi connectivity index (χ1n) is 4.92. The lowest BCUT2D eigenvalue weighted by Crippen LogP contribution is -2.41. The number of rotatable bonds is 5. The molecule has 0 saturated heterocycles. The normalized spacial score (nSPS) is 11.9. The molecular formula is C10H10F2N2O4. The zero-order valence-electron chi connectivity index (χ0n) is 9.06. The van der Waals surface area contributed by atoms with Crippen molar-refractivity contribution >= 4 is 11.9 Å². The van der Waals surface area contributed by atoms with E-state index in [9.17, 15) is 18.4 Å². The Kier molecular flexibility index (Phi) is 4.67. The molecule has 6 nitrogen and oxygen atoms in total. The van der Waals surface area contributed by atoms with E-state index in [1.54, 1.807) is 0 Å². The van der Waals surface area contributed by atoms with Crippen LogP contribution in [0.1, 0.15) is 16.8 Å². The summed E-state index contributed by atoms with van der Waals surface area (Å²) in [6.07, 6.45) is 0.644. The molecule has 0 aliphatic rings. The first kappa shape index (κ1) is 14.0. The van der Waals surface area contributed by atoms with Gasteiger partial charge in [0.2, 0.25) is 5.95 Å². The Balaban J connectivity index is 2.87. The van der Waals surface area contributed by atoms with Crippen LogP contribution in [-0.2, 0) is 4.79 Å². The van der Waals surface area contributed by atoms with E-state index in [0.717, 1.165) is 12.3 Å². The standard InChI is InChI=1S/C10H10F2N2O4/c11-7-5(1-3-13-8(7)12)9(16)14-6(2-4-15)10(17)18/h1,3,6,15H,2,4H2,(H,14,16)(H,17,18)/t6-/m1/s1. The fourth-order valence-electron chi connectivity index (χ4n) is 1.22. The van der Waals surface area contributed by atoms with Crippen LogP contribution in [-0.4, -0.2) is 39.7 Å². The predicted octanol–water partition coefficient (Wildman–Crippen LogP) is -0.0748. The zero-order chi connectivity index (χ0) is 13.7. The van der Waals surface area contributed by atoms with Crippen molar-refractivity contribution in [2.75, 3.05) is 6.61 Å². The summed E-state index contributed by atoms with van der Waals surface area (Å²) >= 11 is 0. The largest absolute Gasteiger partial charge is 0.480 e. The number of carbonyl (C=O) groups is 2. The van der Waals surface area contributed by atoms with E-state index in [-0.39, 0.29) is 6.42 Å². The number of pyridine rings is 1. The second-order valence-corrected chi connectivity index (χ2v) is 3.34. The number of aliphatic carboxylic acids is 1. The first-order valence-corrected chi connectivity index (χ1v) is 4.92. The number of hydrogen-bond acceptors (Lipinski definition) is 4. The molecule has 98 valence electrons. The van der Waals surface area contributed by atoms with Crippen molar-refractivity contribution in [1.82, 2.24) is 10.3 Å². The molecule has 1 heterocycles. The number of carboxylic acids is 1. The minimum atomic E-state index is -1.46. The van der Waals surface area contributed by atoms with Crippen LogP contribution in [0.2, 0.25) is 0 Å². The fourth-order valence-corrected chi connectivity index (χ4v) is 1.22. The minimum absolute atomic E-state index is 0.240. The molecule has 1 aromatic rings. The van der Waals surface area contributed by atoms with Crippen LogP contribution in [0.15, 0.2) is 12.3 Å². The Bertz CT molecular complexity index is 467. The Morgan fingerprint density at radius 3 is 2.67 bits per heavy atom. The summed E-state index contributed by atoms with van der Waals surface area (Å²) in [5.41, 5.74) is -0.647. The molecule has 0 bridgehead atoms. The molecule has 0 spiro atoms. The molecule has 18 heavy (non-hydrogen) atoms. The lowest BCUT2D eigenvalue weighted by molar-refractivity contribution is -0.139. The van der Waals surface area contributed by atoms with Crippen molar-refractivity contribution < 1.29 is 28.6 Å². The van der Waals surface area contributed by atoms with E-state index in [0.29, 0.717) is 0 Å². The summed E-state index contributed by atoms with van der Waals surface area (Å²) in [4.78, 5) is 25.2. The van der Waals surface area contributed by atoms with Gasteiger partial charge in [0.05, 0.1) is 5.56 Å². The lowest BCUT2D eigenvalue weighted by atomic mass is 10.2. The van der Waals surface area contributed by atoms with Gasteiger partial charge in [0, 0.05) is 19.2 Å². The van der Waals surface area contributed by atoms with Crippen LogP contribution in [0.5, 0.6) is 0 Å². The quantitative estimate of drug-likeness (QED) is 0.643. The molecule has 0 radical (unpaired) electrons. The number of aliphatic hydroxyl groups is 1. The van der Waals surface area contributed by atoms with Crippen LogP contribution >= 0.6 is 0 Å². The number of aromatic nitrogens is 1. The van der Waals surface area contributed by atoms with Gasteiger partial charge in [-0.1, -0.05) is 0 Å². The van der Waals surface area contributed by atoms with Gasteiger partial charge in [-0.15, -0.1) is 0 Å². The highest BCUT2D eigenvalue weighted by molar-refractivity contribution is 5.96. The van der Waals surface area contributed by atoms with Gasteiger partial charge in [0.25, 0.3) is 5.91 Å². The van der Waals surface area contributed by atoms with Gasteiger partial charge in [-0.3, -0.25) is 4.79 Å². The third-order valence-corrected chi connectivity index (χ3v) is 2.11. The Labute approximate surface area is 100 Å². The van der Waals surface area contributed by atoms with Gasteiger partial charge in [-0.05, 0) is 6.07 Å². The lowest BCUT2D eigenvalue weighted by Gasteiger charge is -2.13. The molecule has 1 amide bonds. The molecule has 3 N–H and O–H groups in total. The first-order chi connectivity index (χ1) is 8.47. The maximum absolute atomic E-state index is 13.2. The minimum Gasteiger partial charge on any atom is -0.480 e. The van der Waals surface area contributed by atoms with Crippen molar-refractivity contribution in [3.8, 4) is 0 Å². The van der Waals surface area contributed by atoms with E-state index >= 15 is 0 Å². The van der Waals surface area contributed by atoms with Gasteiger partial charge in [0.1, 0.15) is 6.04 Å². The van der Waals surface area contributed by atoms with Gasteiger partial charge in [-0.25, -0.2) is 14.2 Å². The summed E-state index contributed by atoms with van der Waals surface area (Å²) in [5, 5.41) is 19.3. The molecule has 0 unspecified atom stereocenters. The van der Waals surface area contributed by atoms with Gasteiger partial charge in [-0.2, -0.15) is 4.39 Å². The Hall–Kier alpha value is -2.09. The summed E-state index contributed by atoms with van der Waals surface area (Å²) in [5.74, 6) is -5.37. The highest BCUT2D eigenvalue weighted by atomic mass is 19.2. The average Bonchev–Trinajstić information content (AvgIpc) is 2.31. The number of carbonyl (C=O) groups excluding carboxylic acids is 1. The van der Waals surface area contributed by atoms with Gasteiger partial charge >= 0.3 is 5.97 Å². The summed E-state index contributed by atoms with van der Waals surface area (Å²) in [6.45, 7) is -0.468. The summed E-state index contributed by atoms with van der Waals surface area (Å²) in [6, 6.07) is -0.455.